The van der Waals surface area contributed by atoms with Gasteiger partial charge in [-0.3, -0.25) is 0 Å². The van der Waals surface area contributed by atoms with Crippen LogP contribution in [0.1, 0.15) is 11.1 Å². The molecule has 0 heterocycles. The number of aliphatic hydroxyl groups is 2. The smallest absolute Gasteiger partial charge is 0.170 e. The molecular weight excluding hydrogens is 234 g/mol. The number of hydrogen-bond donors (Lipinski definition) is 4. The average Bonchev–Trinajstić information content (AvgIpc) is 2.37. The van der Waals surface area contributed by atoms with Gasteiger partial charge in [0.1, 0.15) is 0 Å². The minimum Gasteiger partial charge on any atom is -0.409 e. The molecule has 100 valence electrons. The predicted octanol–water partition coefficient (Wildman–Crippen LogP) is -0.119. The minimum atomic E-state index is 0.0149. The lowest BCUT2D eigenvalue weighted by molar-refractivity contribution is 0.281. The Bertz CT molecular complexity index is 415. The Hall–Kier alpha value is -1.79. The largest absolute Gasteiger partial charge is 0.409 e. The van der Waals surface area contributed by atoms with Gasteiger partial charge in [-0.15, -0.1) is 0 Å². The molecule has 0 atom stereocenters. The maximum Gasteiger partial charge on any atom is 0.170 e. The molecule has 0 radical (unpaired) electrons. The standard InChI is InChI=1S/C12H19N3O3/c1-9-8-10(15(4-6-16)5-7-17)2-3-11(9)12(13)14-18/h2-3,8,16-18H,4-7H2,1H3,(H2,13,14). The Kier molecular flexibility index (Phi) is 5.41. The van der Waals surface area contributed by atoms with E-state index < -0.39 is 0 Å². The monoisotopic (exact) mass is 253 g/mol. The van der Waals surface area contributed by atoms with Crippen LogP contribution in [0.3, 0.4) is 0 Å². The SMILES string of the molecule is Cc1cc(N(CCO)CCO)ccc1/C(N)=N/O. The molecule has 6 heteroatoms. The van der Waals surface area contributed by atoms with Crippen LogP contribution in [0.2, 0.25) is 0 Å². The van der Waals surface area contributed by atoms with Crippen LogP contribution in [0.25, 0.3) is 0 Å². The fourth-order valence-corrected chi connectivity index (χ4v) is 1.80. The van der Waals surface area contributed by atoms with Crippen molar-refractivity contribution in [3.63, 3.8) is 0 Å². The van der Waals surface area contributed by atoms with E-state index in [1.165, 1.54) is 0 Å². The van der Waals surface area contributed by atoms with Crippen molar-refractivity contribution < 1.29 is 15.4 Å². The van der Waals surface area contributed by atoms with Gasteiger partial charge in [0.25, 0.3) is 0 Å². The van der Waals surface area contributed by atoms with Crippen molar-refractivity contribution >= 4 is 11.5 Å². The molecule has 0 unspecified atom stereocenters. The van der Waals surface area contributed by atoms with E-state index in [9.17, 15) is 0 Å². The molecule has 18 heavy (non-hydrogen) atoms. The number of aryl methyl sites for hydroxylation is 1. The highest BCUT2D eigenvalue weighted by Gasteiger charge is 2.09. The fraction of sp³-hybridized carbons (Fsp3) is 0.417. The first kappa shape index (κ1) is 14.3. The van der Waals surface area contributed by atoms with Gasteiger partial charge >= 0.3 is 0 Å². The van der Waals surface area contributed by atoms with E-state index in [4.69, 9.17) is 21.2 Å². The average molecular weight is 253 g/mol. The van der Waals surface area contributed by atoms with Crippen LogP contribution in [0.5, 0.6) is 0 Å². The maximum absolute atomic E-state index is 8.98. The van der Waals surface area contributed by atoms with E-state index in [2.05, 4.69) is 5.16 Å². The Labute approximate surface area is 106 Å². The zero-order chi connectivity index (χ0) is 13.5. The summed E-state index contributed by atoms with van der Waals surface area (Å²) in [4.78, 5) is 1.86. The first-order valence-electron chi connectivity index (χ1n) is 5.69. The lowest BCUT2D eigenvalue weighted by atomic mass is 10.1. The van der Waals surface area contributed by atoms with Crippen molar-refractivity contribution in [3.8, 4) is 0 Å². The number of oxime groups is 1. The molecule has 6 nitrogen and oxygen atoms in total. The Balaban J connectivity index is 3.01. The summed E-state index contributed by atoms with van der Waals surface area (Å²) in [5, 5.41) is 29.6. The third kappa shape index (κ3) is 3.35. The number of aliphatic hydroxyl groups excluding tert-OH is 2. The number of hydrogen-bond acceptors (Lipinski definition) is 5. The zero-order valence-corrected chi connectivity index (χ0v) is 10.4. The van der Waals surface area contributed by atoms with E-state index in [1.54, 1.807) is 6.07 Å². The molecule has 0 spiro atoms. The Morgan fingerprint density at radius 2 is 1.89 bits per heavy atom. The summed E-state index contributed by atoms with van der Waals surface area (Å²) in [6, 6.07) is 5.44. The van der Waals surface area contributed by atoms with E-state index in [0.717, 1.165) is 11.3 Å². The molecule has 0 saturated heterocycles. The second-order valence-electron chi connectivity index (χ2n) is 3.92. The molecule has 0 aliphatic rings. The quantitative estimate of drug-likeness (QED) is 0.245. The molecule has 0 bridgehead atoms. The van der Waals surface area contributed by atoms with Gasteiger partial charge in [-0.1, -0.05) is 5.16 Å². The summed E-state index contributed by atoms with van der Waals surface area (Å²) in [5.41, 5.74) is 7.95. The van der Waals surface area contributed by atoms with Gasteiger partial charge in [-0.25, -0.2) is 0 Å². The Morgan fingerprint density at radius 1 is 1.28 bits per heavy atom. The topological polar surface area (TPSA) is 102 Å². The summed E-state index contributed by atoms with van der Waals surface area (Å²) in [6.07, 6.45) is 0. The zero-order valence-electron chi connectivity index (χ0n) is 10.4. The molecule has 0 saturated carbocycles. The maximum atomic E-state index is 8.98. The highest BCUT2D eigenvalue weighted by atomic mass is 16.4. The lowest BCUT2D eigenvalue weighted by Gasteiger charge is -2.23. The molecule has 0 fully saturated rings. The van der Waals surface area contributed by atoms with Crippen molar-refractivity contribution in [1.82, 2.24) is 0 Å². The summed E-state index contributed by atoms with van der Waals surface area (Å²) in [7, 11) is 0. The van der Waals surface area contributed by atoms with E-state index in [0.29, 0.717) is 18.7 Å². The van der Waals surface area contributed by atoms with Crippen molar-refractivity contribution in [2.45, 2.75) is 6.92 Å². The van der Waals surface area contributed by atoms with Gasteiger partial charge in [0.05, 0.1) is 13.2 Å². The molecule has 0 amide bonds. The molecule has 0 aromatic heterocycles. The number of amidine groups is 1. The summed E-state index contributed by atoms with van der Waals surface area (Å²) in [6.45, 7) is 2.78. The molecule has 0 aliphatic heterocycles. The van der Waals surface area contributed by atoms with Crippen molar-refractivity contribution in [1.29, 1.82) is 0 Å². The molecule has 1 aromatic rings. The Morgan fingerprint density at radius 3 is 2.33 bits per heavy atom. The second-order valence-corrected chi connectivity index (χ2v) is 3.92. The highest BCUT2D eigenvalue weighted by molar-refractivity contribution is 5.98. The van der Waals surface area contributed by atoms with Crippen LogP contribution < -0.4 is 10.6 Å². The number of anilines is 1. The fourth-order valence-electron chi connectivity index (χ4n) is 1.80. The van der Waals surface area contributed by atoms with Crippen LogP contribution >= 0.6 is 0 Å². The first-order chi connectivity index (χ1) is 8.63. The highest BCUT2D eigenvalue weighted by Crippen LogP contribution is 2.19. The molecule has 1 aromatic carbocycles. The van der Waals surface area contributed by atoms with Gasteiger partial charge in [-0.05, 0) is 30.7 Å². The molecular formula is C12H19N3O3. The molecule has 1 rings (SSSR count). The molecule has 0 aliphatic carbocycles. The number of rotatable bonds is 6. The normalized spacial score (nSPS) is 11.6. The van der Waals surface area contributed by atoms with Gasteiger partial charge in [0, 0.05) is 24.3 Å². The minimum absolute atomic E-state index is 0.0149. The summed E-state index contributed by atoms with van der Waals surface area (Å²) < 4.78 is 0. The van der Waals surface area contributed by atoms with Crippen molar-refractivity contribution in [2.24, 2.45) is 10.9 Å². The van der Waals surface area contributed by atoms with E-state index in [-0.39, 0.29) is 19.0 Å². The van der Waals surface area contributed by atoms with Gasteiger partial charge < -0.3 is 26.1 Å². The van der Waals surface area contributed by atoms with Crippen molar-refractivity contribution in [2.75, 3.05) is 31.2 Å². The van der Waals surface area contributed by atoms with Crippen LogP contribution in [0, 0.1) is 6.92 Å². The van der Waals surface area contributed by atoms with Crippen LogP contribution in [-0.2, 0) is 0 Å². The number of nitrogens with zero attached hydrogens (tertiary/aromatic N) is 2. The number of benzene rings is 1. The second kappa shape index (κ2) is 6.83. The van der Waals surface area contributed by atoms with Gasteiger partial charge in [0.2, 0.25) is 0 Å². The molecule has 5 N–H and O–H groups in total. The summed E-state index contributed by atoms with van der Waals surface area (Å²) in [5.74, 6) is 0.0647. The van der Waals surface area contributed by atoms with Crippen LogP contribution in [-0.4, -0.2) is 47.6 Å². The van der Waals surface area contributed by atoms with Crippen LogP contribution in [0.15, 0.2) is 23.4 Å². The van der Waals surface area contributed by atoms with Crippen molar-refractivity contribution in [3.05, 3.63) is 29.3 Å². The van der Waals surface area contributed by atoms with Crippen LogP contribution in [0.4, 0.5) is 5.69 Å². The van der Waals surface area contributed by atoms with E-state index >= 15 is 0 Å². The number of nitrogens with two attached hydrogens (primary N) is 1. The first-order valence-corrected chi connectivity index (χ1v) is 5.69. The van der Waals surface area contributed by atoms with Gasteiger partial charge in [0.15, 0.2) is 5.84 Å². The summed E-state index contributed by atoms with van der Waals surface area (Å²) >= 11 is 0. The third-order valence-corrected chi connectivity index (χ3v) is 2.70. The van der Waals surface area contributed by atoms with E-state index in [1.807, 2.05) is 24.0 Å². The van der Waals surface area contributed by atoms with Gasteiger partial charge in [-0.2, -0.15) is 0 Å². The third-order valence-electron chi connectivity index (χ3n) is 2.70. The lowest BCUT2D eigenvalue weighted by Crippen LogP contribution is -2.29. The predicted molar refractivity (Wildman–Crippen MR) is 70.1 cm³/mol.